The summed E-state index contributed by atoms with van der Waals surface area (Å²) in [4.78, 5) is 0. The van der Waals surface area contributed by atoms with Gasteiger partial charge in [0.15, 0.2) is 0 Å². The number of thiophene rings is 1. The number of sulfonamides is 1. The Hall–Kier alpha value is -0.760. The smallest absolute Gasteiger partial charge is 0.271 e. The summed E-state index contributed by atoms with van der Waals surface area (Å²) in [5.41, 5.74) is 0.334. The molecule has 0 aliphatic heterocycles. The normalized spacial score (nSPS) is 11.4. The Morgan fingerprint density at radius 2 is 2.10 bits per heavy atom. The van der Waals surface area contributed by atoms with Crippen LogP contribution in [0.1, 0.15) is 13.3 Å². The third-order valence-electron chi connectivity index (χ3n) is 2.46. The second-order valence-electron chi connectivity index (χ2n) is 4.15. The lowest BCUT2D eigenvalue weighted by Gasteiger charge is -2.13. The molecule has 0 atom stereocenters. The van der Waals surface area contributed by atoms with Gasteiger partial charge in [-0.2, -0.15) is 0 Å². The molecule has 1 N–H and O–H groups in total. The van der Waals surface area contributed by atoms with Crippen molar-refractivity contribution in [3.8, 4) is 5.75 Å². The molecule has 0 saturated heterocycles. The number of benzene rings is 1. The molecule has 0 saturated carbocycles. The molecule has 0 unspecified atom stereocenters. The summed E-state index contributed by atoms with van der Waals surface area (Å²) in [6.45, 7) is 2.48. The van der Waals surface area contributed by atoms with Gasteiger partial charge >= 0.3 is 0 Å². The standard InChI is InChI=1S/C13H13BrClNO3S2/c1-2-7-19-11-4-3-9(15)8-10(11)16-21(17,18)13-6-5-12(14)20-13/h3-6,8,16H,2,7H2,1H3. The third kappa shape index (κ3) is 4.35. The molecule has 114 valence electrons. The first-order valence-corrected chi connectivity index (χ1v) is 9.60. The zero-order chi connectivity index (χ0) is 15.5. The number of ether oxygens (including phenoxy) is 1. The molecule has 21 heavy (non-hydrogen) atoms. The van der Waals surface area contributed by atoms with E-state index >= 15 is 0 Å². The number of nitrogens with one attached hydrogen (secondary N) is 1. The van der Waals surface area contributed by atoms with E-state index in [9.17, 15) is 8.42 Å². The van der Waals surface area contributed by atoms with Crippen LogP contribution in [-0.4, -0.2) is 15.0 Å². The lowest BCUT2D eigenvalue weighted by molar-refractivity contribution is 0.319. The van der Waals surface area contributed by atoms with Crippen LogP contribution in [0.3, 0.4) is 0 Å². The van der Waals surface area contributed by atoms with Crippen molar-refractivity contribution in [2.24, 2.45) is 0 Å². The summed E-state index contributed by atoms with van der Waals surface area (Å²) < 4.78 is 33.7. The van der Waals surface area contributed by atoms with Crippen molar-refractivity contribution >= 4 is 54.6 Å². The average molecular weight is 411 g/mol. The maximum absolute atomic E-state index is 12.3. The minimum atomic E-state index is -3.66. The zero-order valence-corrected chi connectivity index (χ0v) is 15.1. The van der Waals surface area contributed by atoms with E-state index in [4.69, 9.17) is 16.3 Å². The molecule has 0 amide bonds. The minimum absolute atomic E-state index is 0.218. The Morgan fingerprint density at radius 3 is 2.71 bits per heavy atom. The highest BCUT2D eigenvalue weighted by Gasteiger charge is 2.19. The van der Waals surface area contributed by atoms with E-state index in [2.05, 4.69) is 20.7 Å². The monoisotopic (exact) mass is 409 g/mol. The predicted octanol–water partition coefficient (Wildman–Crippen LogP) is 4.75. The summed E-state index contributed by atoms with van der Waals surface area (Å²) in [5, 5.41) is 0.434. The first-order valence-electron chi connectivity index (χ1n) is 6.13. The van der Waals surface area contributed by atoms with Gasteiger partial charge in [-0.05, 0) is 52.7 Å². The maximum Gasteiger partial charge on any atom is 0.271 e. The molecular formula is C13H13BrClNO3S2. The second kappa shape index (κ2) is 7.00. The van der Waals surface area contributed by atoms with Crippen LogP contribution in [0.25, 0.3) is 0 Å². The molecule has 8 heteroatoms. The lowest BCUT2D eigenvalue weighted by atomic mass is 10.3. The van der Waals surface area contributed by atoms with Crippen LogP contribution in [0.5, 0.6) is 5.75 Å². The third-order valence-corrected chi connectivity index (χ3v) is 6.18. The summed E-state index contributed by atoms with van der Waals surface area (Å²) in [7, 11) is -3.66. The summed E-state index contributed by atoms with van der Waals surface area (Å²) in [5.74, 6) is 0.459. The van der Waals surface area contributed by atoms with Crippen molar-refractivity contribution < 1.29 is 13.2 Å². The van der Waals surface area contributed by atoms with E-state index in [0.717, 1.165) is 21.5 Å². The van der Waals surface area contributed by atoms with Gasteiger partial charge in [0.2, 0.25) is 0 Å². The molecule has 4 nitrogen and oxygen atoms in total. The van der Waals surface area contributed by atoms with E-state index < -0.39 is 10.0 Å². The molecule has 1 heterocycles. The van der Waals surface area contributed by atoms with Gasteiger partial charge in [-0.3, -0.25) is 4.72 Å². The van der Waals surface area contributed by atoms with Crippen molar-refractivity contribution in [2.75, 3.05) is 11.3 Å². The fraction of sp³-hybridized carbons (Fsp3) is 0.231. The topological polar surface area (TPSA) is 55.4 Å². The fourth-order valence-corrected chi connectivity index (χ4v) is 4.80. The molecule has 0 spiro atoms. The maximum atomic E-state index is 12.3. The van der Waals surface area contributed by atoms with Gasteiger partial charge < -0.3 is 4.74 Å². The number of halogens is 2. The molecule has 0 radical (unpaired) electrons. The Balaban J connectivity index is 2.31. The molecule has 0 bridgehead atoms. The molecule has 1 aromatic carbocycles. The molecule has 2 aromatic rings. The van der Waals surface area contributed by atoms with Crippen LogP contribution in [0.4, 0.5) is 5.69 Å². The van der Waals surface area contributed by atoms with Gasteiger partial charge in [-0.15, -0.1) is 11.3 Å². The lowest BCUT2D eigenvalue weighted by Crippen LogP contribution is -2.12. The molecule has 2 rings (SSSR count). The van der Waals surface area contributed by atoms with Crippen LogP contribution < -0.4 is 9.46 Å². The quantitative estimate of drug-likeness (QED) is 0.747. The van der Waals surface area contributed by atoms with Crippen molar-refractivity contribution in [1.29, 1.82) is 0 Å². The number of anilines is 1. The van der Waals surface area contributed by atoms with Gasteiger partial charge in [-0.1, -0.05) is 18.5 Å². The average Bonchev–Trinajstić information content (AvgIpc) is 2.85. The fourth-order valence-electron chi connectivity index (χ4n) is 1.56. The Labute approximate surface area is 141 Å². The molecule has 0 fully saturated rings. The van der Waals surface area contributed by atoms with Gasteiger partial charge in [0.1, 0.15) is 9.96 Å². The summed E-state index contributed by atoms with van der Waals surface area (Å²) in [6.07, 6.45) is 0.826. The van der Waals surface area contributed by atoms with Crippen molar-refractivity contribution in [3.63, 3.8) is 0 Å². The highest BCUT2D eigenvalue weighted by Crippen LogP contribution is 2.32. The van der Waals surface area contributed by atoms with E-state index in [1.165, 1.54) is 12.1 Å². The highest BCUT2D eigenvalue weighted by atomic mass is 79.9. The molecule has 1 aromatic heterocycles. The van der Waals surface area contributed by atoms with Gasteiger partial charge in [0.05, 0.1) is 16.1 Å². The van der Waals surface area contributed by atoms with Gasteiger partial charge in [0.25, 0.3) is 10.0 Å². The number of hydrogen-bond acceptors (Lipinski definition) is 4. The zero-order valence-electron chi connectivity index (χ0n) is 11.1. The van der Waals surface area contributed by atoms with E-state index in [0.29, 0.717) is 23.1 Å². The largest absolute Gasteiger partial charge is 0.491 e. The molecule has 0 aliphatic rings. The van der Waals surface area contributed by atoms with E-state index in [1.54, 1.807) is 18.2 Å². The molecular weight excluding hydrogens is 398 g/mol. The first-order chi connectivity index (χ1) is 9.92. The Kier molecular flexibility index (Phi) is 5.54. The van der Waals surface area contributed by atoms with Crippen molar-refractivity contribution in [2.45, 2.75) is 17.6 Å². The van der Waals surface area contributed by atoms with Crippen LogP contribution in [0.2, 0.25) is 5.02 Å². The van der Waals surface area contributed by atoms with E-state index in [-0.39, 0.29) is 4.21 Å². The van der Waals surface area contributed by atoms with Crippen LogP contribution >= 0.6 is 38.9 Å². The van der Waals surface area contributed by atoms with Crippen LogP contribution in [0, 0.1) is 0 Å². The van der Waals surface area contributed by atoms with Crippen molar-refractivity contribution in [3.05, 3.63) is 39.1 Å². The van der Waals surface area contributed by atoms with Crippen molar-refractivity contribution in [1.82, 2.24) is 0 Å². The number of hydrogen-bond donors (Lipinski definition) is 1. The first kappa shape index (κ1) is 16.6. The van der Waals surface area contributed by atoms with Crippen LogP contribution in [0.15, 0.2) is 38.3 Å². The number of rotatable bonds is 6. The molecule has 0 aliphatic carbocycles. The Bertz CT molecular complexity index is 731. The SMILES string of the molecule is CCCOc1ccc(Cl)cc1NS(=O)(=O)c1ccc(Br)s1. The van der Waals surface area contributed by atoms with Crippen LogP contribution in [-0.2, 0) is 10.0 Å². The van der Waals surface area contributed by atoms with E-state index in [1.807, 2.05) is 6.92 Å². The second-order valence-corrected chi connectivity index (χ2v) is 8.96. The Morgan fingerprint density at radius 1 is 1.33 bits per heavy atom. The van der Waals surface area contributed by atoms with Gasteiger partial charge in [-0.25, -0.2) is 8.42 Å². The predicted molar refractivity (Wildman–Crippen MR) is 90.1 cm³/mol. The minimum Gasteiger partial charge on any atom is -0.491 e. The summed E-state index contributed by atoms with van der Waals surface area (Å²) >= 11 is 10.3. The highest BCUT2D eigenvalue weighted by molar-refractivity contribution is 9.11. The summed E-state index contributed by atoms with van der Waals surface area (Å²) in [6, 6.07) is 8.07. The van der Waals surface area contributed by atoms with Gasteiger partial charge in [0, 0.05) is 5.02 Å².